The Morgan fingerprint density at radius 1 is 0.750 bits per heavy atom. The van der Waals surface area contributed by atoms with Crippen molar-refractivity contribution in [1.29, 1.82) is 0 Å². The minimum absolute atomic E-state index is 0.234. The van der Waals surface area contributed by atoms with Gasteiger partial charge in [-0.15, -0.1) is 11.8 Å². The second-order valence-electron chi connectivity index (χ2n) is 8.50. The second kappa shape index (κ2) is 12.2. The molecule has 3 fully saturated rings. The number of esters is 5. The van der Waals surface area contributed by atoms with E-state index < -0.39 is 83.4 Å². The van der Waals surface area contributed by atoms with Crippen molar-refractivity contribution < 1.29 is 61.9 Å². The van der Waals surface area contributed by atoms with Gasteiger partial charge in [-0.1, -0.05) is 0 Å². The molecule has 0 N–H and O–H groups in total. The highest BCUT2D eigenvalue weighted by Crippen LogP contribution is 2.42. The zero-order chi connectivity index (χ0) is 26.6. The summed E-state index contributed by atoms with van der Waals surface area (Å²) in [5, 5.41) is -0.436. The molecule has 9 atom stereocenters. The van der Waals surface area contributed by atoms with Crippen LogP contribution in [0.4, 0.5) is 0 Å². The van der Waals surface area contributed by atoms with Crippen LogP contribution in [0.3, 0.4) is 0 Å². The molecule has 3 saturated heterocycles. The molecule has 2 bridgehead atoms. The number of ether oxygens (including phenoxy) is 8. The zero-order valence-corrected chi connectivity index (χ0v) is 21.3. The lowest BCUT2D eigenvalue weighted by Gasteiger charge is -2.45. The third-order valence-corrected chi connectivity index (χ3v) is 6.90. The van der Waals surface area contributed by atoms with Gasteiger partial charge in [-0.05, 0) is 0 Å². The number of hydrogen-bond acceptors (Lipinski definition) is 14. The molecule has 0 aromatic heterocycles. The number of hydrogen-bond donors (Lipinski definition) is 0. The lowest BCUT2D eigenvalue weighted by Crippen LogP contribution is -2.62. The number of thioether (sulfide) groups is 1. The summed E-state index contributed by atoms with van der Waals surface area (Å²) in [6.45, 7) is 5.88. The van der Waals surface area contributed by atoms with Gasteiger partial charge in [0.1, 0.15) is 30.4 Å². The van der Waals surface area contributed by atoms with E-state index in [1.54, 1.807) is 0 Å². The minimum Gasteiger partial charge on any atom is -0.463 e. The molecule has 202 valence electrons. The molecule has 3 rings (SSSR count). The molecule has 0 amide bonds. The first kappa shape index (κ1) is 28.2. The Hall–Kier alpha value is -2.42. The third-order valence-electron chi connectivity index (χ3n) is 5.49. The molecular formula is C22H30O13S. The summed E-state index contributed by atoms with van der Waals surface area (Å²) >= 11 is 1.16. The van der Waals surface area contributed by atoms with E-state index in [1.165, 1.54) is 20.8 Å². The Morgan fingerprint density at radius 3 is 1.92 bits per heavy atom. The molecule has 0 saturated carbocycles. The highest BCUT2D eigenvalue weighted by atomic mass is 32.2. The van der Waals surface area contributed by atoms with Crippen LogP contribution >= 0.6 is 11.8 Å². The van der Waals surface area contributed by atoms with Crippen LogP contribution < -0.4 is 0 Å². The Labute approximate surface area is 211 Å². The van der Waals surface area contributed by atoms with Crippen LogP contribution in [0.25, 0.3) is 0 Å². The van der Waals surface area contributed by atoms with Crippen molar-refractivity contribution in [2.24, 2.45) is 0 Å². The second-order valence-corrected chi connectivity index (χ2v) is 9.84. The van der Waals surface area contributed by atoms with E-state index in [1.807, 2.05) is 0 Å². The number of fused-ring (bicyclic) bond motifs is 2. The molecule has 0 radical (unpaired) electrons. The summed E-state index contributed by atoms with van der Waals surface area (Å²) in [6.07, 6.45) is -6.05. The van der Waals surface area contributed by atoms with Gasteiger partial charge < -0.3 is 37.9 Å². The van der Waals surface area contributed by atoms with E-state index in [9.17, 15) is 24.0 Å². The number of rotatable bonds is 8. The molecule has 3 aliphatic rings. The van der Waals surface area contributed by atoms with Crippen LogP contribution in [0, 0.1) is 0 Å². The first-order chi connectivity index (χ1) is 16.9. The van der Waals surface area contributed by atoms with E-state index >= 15 is 0 Å². The maximum Gasteiger partial charge on any atom is 0.303 e. The van der Waals surface area contributed by atoms with E-state index in [0.29, 0.717) is 6.42 Å². The van der Waals surface area contributed by atoms with E-state index in [2.05, 4.69) is 0 Å². The molecule has 36 heavy (non-hydrogen) atoms. The van der Waals surface area contributed by atoms with Crippen LogP contribution in [0.2, 0.25) is 0 Å². The number of carbonyl (C=O) groups excluding carboxylic acids is 5. The average molecular weight is 535 g/mol. The normalized spacial score (nSPS) is 35.3. The van der Waals surface area contributed by atoms with Crippen molar-refractivity contribution in [3.8, 4) is 0 Å². The van der Waals surface area contributed by atoms with Gasteiger partial charge in [-0.3, -0.25) is 24.0 Å². The van der Waals surface area contributed by atoms with E-state index in [4.69, 9.17) is 37.9 Å². The summed E-state index contributed by atoms with van der Waals surface area (Å²) in [7, 11) is 0. The summed E-state index contributed by atoms with van der Waals surface area (Å²) in [4.78, 5) is 58.8. The fraction of sp³-hybridized carbons (Fsp3) is 0.773. The molecule has 0 aromatic carbocycles. The third kappa shape index (κ3) is 7.31. The van der Waals surface area contributed by atoms with Crippen molar-refractivity contribution in [1.82, 2.24) is 0 Å². The Bertz CT molecular complexity index is 863. The van der Waals surface area contributed by atoms with Gasteiger partial charge in [-0.2, -0.15) is 0 Å². The monoisotopic (exact) mass is 534 g/mol. The summed E-state index contributed by atoms with van der Waals surface area (Å²) in [5.41, 5.74) is -0.988. The van der Waals surface area contributed by atoms with Gasteiger partial charge in [-0.25, -0.2) is 0 Å². The van der Waals surface area contributed by atoms with Gasteiger partial charge in [0.25, 0.3) is 0 Å². The van der Waals surface area contributed by atoms with Gasteiger partial charge in [0, 0.05) is 41.0 Å². The van der Waals surface area contributed by atoms with Crippen LogP contribution in [0.5, 0.6) is 0 Å². The van der Waals surface area contributed by atoms with Crippen LogP contribution in [-0.4, -0.2) is 96.7 Å². The van der Waals surface area contributed by atoms with Crippen molar-refractivity contribution >= 4 is 41.6 Å². The molecule has 0 spiro atoms. The molecule has 13 nitrogen and oxygen atoms in total. The smallest absolute Gasteiger partial charge is 0.303 e. The Balaban J connectivity index is 1.91. The van der Waals surface area contributed by atoms with Gasteiger partial charge >= 0.3 is 29.8 Å². The maximum absolute atomic E-state index is 12.0. The standard InChI is InChI=1S/C22H30O13S/c1-9(23)28-8-16-18(31-11(3)25)19(32-12(4)26)20(33-13(5)27)22(35-16)36-17-6-14(30-10(2)24)15-7-29-21(17)34-15/h14-22H,6-8H2,1-5H3/t14-,15+,16+,17+,18-,19-,20+,21+,22-/m0/s1. The Morgan fingerprint density at radius 2 is 1.33 bits per heavy atom. The van der Waals surface area contributed by atoms with E-state index in [-0.39, 0.29) is 13.2 Å². The largest absolute Gasteiger partial charge is 0.463 e. The molecule has 3 heterocycles. The molecule has 0 unspecified atom stereocenters. The zero-order valence-electron chi connectivity index (χ0n) is 20.5. The fourth-order valence-electron chi connectivity index (χ4n) is 4.25. The van der Waals surface area contributed by atoms with Gasteiger partial charge in [0.05, 0.1) is 11.9 Å². The first-order valence-electron chi connectivity index (χ1n) is 11.3. The lowest BCUT2D eigenvalue weighted by atomic mass is 9.99. The topological polar surface area (TPSA) is 159 Å². The summed E-state index contributed by atoms with van der Waals surface area (Å²) in [5.74, 6) is -3.20. The molecule has 14 heteroatoms. The van der Waals surface area contributed by atoms with Crippen molar-refractivity contribution in [3.05, 3.63) is 0 Å². The average Bonchev–Trinajstić information content (AvgIpc) is 3.18. The van der Waals surface area contributed by atoms with Crippen molar-refractivity contribution in [3.63, 3.8) is 0 Å². The highest BCUT2D eigenvalue weighted by Gasteiger charge is 2.55. The predicted octanol–water partition coefficient (Wildman–Crippen LogP) is 0.248. The quantitative estimate of drug-likeness (QED) is 0.308. The molecule has 0 aromatic rings. The predicted molar refractivity (Wildman–Crippen MR) is 118 cm³/mol. The van der Waals surface area contributed by atoms with Crippen molar-refractivity contribution in [2.75, 3.05) is 13.2 Å². The minimum atomic E-state index is -1.27. The molecule has 0 aliphatic carbocycles. The highest BCUT2D eigenvalue weighted by molar-refractivity contribution is 8.00. The lowest BCUT2D eigenvalue weighted by molar-refractivity contribution is -0.237. The summed E-state index contributed by atoms with van der Waals surface area (Å²) < 4.78 is 44.5. The molecular weight excluding hydrogens is 504 g/mol. The number of carbonyl (C=O) groups is 5. The van der Waals surface area contributed by atoms with Crippen LogP contribution in [0.15, 0.2) is 0 Å². The van der Waals surface area contributed by atoms with Gasteiger partial charge in [0.15, 0.2) is 24.6 Å². The maximum atomic E-state index is 12.0. The summed E-state index contributed by atoms with van der Waals surface area (Å²) in [6, 6.07) is 0. The molecule has 3 aliphatic heterocycles. The first-order valence-corrected chi connectivity index (χ1v) is 12.3. The van der Waals surface area contributed by atoms with Crippen LogP contribution in [0.1, 0.15) is 41.0 Å². The van der Waals surface area contributed by atoms with Crippen LogP contribution in [-0.2, 0) is 61.9 Å². The van der Waals surface area contributed by atoms with E-state index in [0.717, 1.165) is 25.6 Å². The van der Waals surface area contributed by atoms with Crippen molar-refractivity contribution in [2.45, 2.75) is 94.6 Å². The SMILES string of the molecule is CC(=O)OC[C@H]1O[C@@H](S[C@@H]2C[C@H](OC(C)=O)[C@H]3CO[C@@H]2O3)[C@H](OC(C)=O)[C@@H](OC(C)=O)[C@H]1OC(C)=O. The Kier molecular flexibility index (Phi) is 9.55. The fourth-order valence-corrected chi connectivity index (χ4v) is 5.74. The van der Waals surface area contributed by atoms with Gasteiger partial charge in [0.2, 0.25) is 0 Å².